The molecule has 2 aromatic rings. The lowest BCUT2D eigenvalue weighted by Gasteiger charge is -2.17. The third-order valence-electron chi connectivity index (χ3n) is 2.30. The van der Waals surface area contributed by atoms with Crippen LogP contribution in [0.2, 0.25) is 0 Å². The number of anilines is 2. The van der Waals surface area contributed by atoms with Crippen molar-refractivity contribution in [2.24, 2.45) is 5.73 Å². The number of hydrogen-bond donors (Lipinski definition) is 1. The van der Waals surface area contributed by atoms with Crippen molar-refractivity contribution in [1.82, 2.24) is 10.2 Å². The van der Waals surface area contributed by atoms with Crippen molar-refractivity contribution in [3.63, 3.8) is 0 Å². The van der Waals surface area contributed by atoms with E-state index in [2.05, 4.69) is 10.2 Å². The summed E-state index contributed by atoms with van der Waals surface area (Å²) >= 11 is 0. The molecule has 0 unspecified atom stereocenters. The van der Waals surface area contributed by atoms with Crippen molar-refractivity contribution in [2.45, 2.75) is 13.5 Å². The van der Waals surface area contributed by atoms with E-state index in [1.54, 1.807) is 17.0 Å². The van der Waals surface area contributed by atoms with Gasteiger partial charge in [0.15, 0.2) is 0 Å². The molecule has 2 rings (SSSR count). The van der Waals surface area contributed by atoms with Gasteiger partial charge < -0.3 is 10.2 Å². The molecule has 0 amide bonds. The molecule has 0 radical (unpaired) electrons. The maximum Gasteiger partial charge on any atom is 0.322 e. The number of nitrogens with zero attached hydrogens (tertiary/aromatic N) is 3. The number of aromatic nitrogens is 2. The van der Waals surface area contributed by atoms with Crippen molar-refractivity contribution in [3.8, 4) is 0 Å². The summed E-state index contributed by atoms with van der Waals surface area (Å²) in [6.45, 7) is 2.70. The van der Waals surface area contributed by atoms with E-state index in [9.17, 15) is 4.39 Å². The Morgan fingerprint density at radius 3 is 2.82 bits per heavy atom. The molecule has 1 aromatic carbocycles. The highest BCUT2D eigenvalue weighted by Crippen LogP contribution is 2.24. The fraction of sp³-hybridized carbons (Fsp3) is 0.273. The van der Waals surface area contributed by atoms with E-state index >= 15 is 0 Å². The van der Waals surface area contributed by atoms with Crippen molar-refractivity contribution in [1.29, 1.82) is 0 Å². The molecule has 0 aliphatic heterocycles. The average molecular weight is 236 g/mol. The van der Waals surface area contributed by atoms with Gasteiger partial charge in [0, 0.05) is 12.2 Å². The van der Waals surface area contributed by atoms with Gasteiger partial charge in [0.1, 0.15) is 5.82 Å². The van der Waals surface area contributed by atoms with Crippen LogP contribution in [-0.2, 0) is 6.54 Å². The van der Waals surface area contributed by atoms with E-state index < -0.39 is 0 Å². The molecular formula is C11H13FN4O. The Hall–Kier alpha value is -1.95. The van der Waals surface area contributed by atoms with Crippen LogP contribution in [0.4, 0.5) is 16.1 Å². The minimum absolute atomic E-state index is 0.188. The van der Waals surface area contributed by atoms with Crippen LogP contribution in [-0.4, -0.2) is 16.7 Å². The molecule has 0 bridgehead atoms. The van der Waals surface area contributed by atoms with Crippen LogP contribution in [0.15, 0.2) is 28.7 Å². The van der Waals surface area contributed by atoms with E-state index in [-0.39, 0.29) is 12.4 Å². The number of rotatable bonds is 4. The van der Waals surface area contributed by atoms with Crippen LogP contribution in [0.3, 0.4) is 0 Å². The fourth-order valence-electron chi connectivity index (χ4n) is 1.51. The van der Waals surface area contributed by atoms with Crippen LogP contribution in [0.1, 0.15) is 12.8 Å². The maximum atomic E-state index is 13.1. The van der Waals surface area contributed by atoms with Crippen LogP contribution >= 0.6 is 0 Å². The van der Waals surface area contributed by atoms with E-state index in [1.807, 2.05) is 6.92 Å². The van der Waals surface area contributed by atoms with Gasteiger partial charge in [-0.15, -0.1) is 5.10 Å². The topological polar surface area (TPSA) is 68.2 Å². The highest BCUT2D eigenvalue weighted by Gasteiger charge is 2.14. The molecular weight excluding hydrogens is 223 g/mol. The summed E-state index contributed by atoms with van der Waals surface area (Å²) in [7, 11) is 0. The first kappa shape index (κ1) is 11.5. The first-order chi connectivity index (χ1) is 8.24. The zero-order chi connectivity index (χ0) is 12.3. The minimum Gasteiger partial charge on any atom is -0.406 e. The first-order valence-electron chi connectivity index (χ1n) is 5.30. The van der Waals surface area contributed by atoms with Crippen molar-refractivity contribution in [3.05, 3.63) is 36.0 Å². The van der Waals surface area contributed by atoms with Gasteiger partial charge in [-0.1, -0.05) is 11.2 Å². The van der Waals surface area contributed by atoms with E-state index in [4.69, 9.17) is 10.2 Å². The van der Waals surface area contributed by atoms with Gasteiger partial charge >= 0.3 is 6.01 Å². The molecule has 90 valence electrons. The SMILES string of the molecule is CCN(c1cccc(F)c1)c1nnc(CN)o1. The molecule has 0 saturated carbocycles. The summed E-state index contributed by atoms with van der Waals surface area (Å²) in [6, 6.07) is 6.53. The molecule has 0 aliphatic rings. The second kappa shape index (κ2) is 4.92. The molecule has 1 aromatic heterocycles. The van der Waals surface area contributed by atoms with Crippen LogP contribution in [0.5, 0.6) is 0 Å². The molecule has 0 spiro atoms. The third-order valence-corrected chi connectivity index (χ3v) is 2.30. The zero-order valence-corrected chi connectivity index (χ0v) is 9.43. The van der Waals surface area contributed by atoms with Gasteiger partial charge in [0.2, 0.25) is 5.89 Å². The van der Waals surface area contributed by atoms with Crippen molar-refractivity contribution >= 4 is 11.7 Å². The monoisotopic (exact) mass is 236 g/mol. The summed E-state index contributed by atoms with van der Waals surface area (Å²) in [4.78, 5) is 1.72. The average Bonchev–Trinajstić information content (AvgIpc) is 2.79. The Labute approximate surface area is 98.1 Å². The number of nitrogens with two attached hydrogens (primary N) is 1. The standard InChI is InChI=1S/C11H13FN4O/c1-2-16(9-5-3-4-8(12)6-9)11-15-14-10(7-13)17-11/h3-6H,2,7,13H2,1H3. The van der Waals surface area contributed by atoms with Gasteiger partial charge in [-0.05, 0) is 25.1 Å². The minimum atomic E-state index is -0.306. The quantitative estimate of drug-likeness (QED) is 0.877. The molecule has 6 heteroatoms. The van der Waals surface area contributed by atoms with Gasteiger partial charge in [0.05, 0.1) is 6.54 Å². The Balaban J connectivity index is 2.33. The molecule has 0 fully saturated rings. The molecule has 17 heavy (non-hydrogen) atoms. The summed E-state index contributed by atoms with van der Waals surface area (Å²) in [5.74, 6) is 0.0503. The second-order valence-corrected chi connectivity index (χ2v) is 3.41. The smallest absolute Gasteiger partial charge is 0.322 e. The maximum absolute atomic E-state index is 13.1. The predicted octanol–water partition coefficient (Wildman–Crippen LogP) is 1.83. The summed E-state index contributed by atoms with van der Waals surface area (Å²) in [5, 5.41) is 7.65. The Kier molecular flexibility index (Phi) is 3.34. The third kappa shape index (κ3) is 2.42. The molecule has 5 nitrogen and oxygen atoms in total. The van der Waals surface area contributed by atoms with E-state index in [0.717, 1.165) is 0 Å². The lowest BCUT2D eigenvalue weighted by molar-refractivity contribution is 0.497. The first-order valence-corrected chi connectivity index (χ1v) is 5.30. The Morgan fingerprint density at radius 2 is 2.24 bits per heavy atom. The van der Waals surface area contributed by atoms with Crippen LogP contribution < -0.4 is 10.6 Å². The van der Waals surface area contributed by atoms with Crippen molar-refractivity contribution < 1.29 is 8.81 Å². The normalized spacial score (nSPS) is 10.5. The van der Waals surface area contributed by atoms with E-state index in [1.165, 1.54) is 12.1 Å². The van der Waals surface area contributed by atoms with Gasteiger partial charge in [-0.3, -0.25) is 4.90 Å². The predicted molar refractivity (Wildman–Crippen MR) is 61.3 cm³/mol. The lowest BCUT2D eigenvalue weighted by atomic mass is 10.3. The molecule has 0 aliphatic carbocycles. The largest absolute Gasteiger partial charge is 0.406 e. The second-order valence-electron chi connectivity index (χ2n) is 3.41. The summed E-state index contributed by atoms with van der Waals surface area (Å²) in [6.07, 6.45) is 0. The van der Waals surface area contributed by atoms with Crippen molar-refractivity contribution in [2.75, 3.05) is 11.4 Å². The van der Waals surface area contributed by atoms with Crippen LogP contribution in [0, 0.1) is 5.82 Å². The fourth-order valence-corrected chi connectivity index (χ4v) is 1.51. The van der Waals surface area contributed by atoms with E-state index in [0.29, 0.717) is 24.1 Å². The number of benzene rings is 1. The van der Waals surface area contributed by atoms with Gasteiger partial charge in [0.25, 0.3) is 0 Å². The van der Waals surface area contributed by atoms with Gasteiger partial charge in [-0.2, -0.15) is 0 Å². The molecule has 1 heterocycles. The molecule has 2 N–H and O–H groups in total. The molecule has 0 atom stereocenters. The Bertz CT molecular complexity index is 500. The zero-order valence-electron chi connectivity index (χ0n) is 9.43. The highest BCUT2D eigenvalue weighted by atomic mass is 19.1. The number of halogens is 1. The summed E-state index contributed by atoms with van der Waals surface area (Å²) in [5.41, 5.74) is 6.06. The molecule has 0 saturated heterocycles. The number of hydrogen-bond acceptors (Lipinski definition) is 5. The van der Waals surface area contributed by atoms with Crippen LogP contribution in [0.25, 0.3) is 0 Å². The highest BCUT2D eigenvalue weighted by molar-refractivity contribution is 5.55. The van der Waals surface area contributed by atoms with Gasteiger partial charge in [-0.25, -0.2) is 4.39 Å². The lowest BCUT2D eigenvalue weighted by Crippen LogP contribution is -2.16. The Morgan fingerprint density at radius 1 is 1.41 bits per heavy atom. The summed E-state index contributed by atoms with van der Waals surface area (Å²) < 4.78 is 18.5.